The van der Waals surface area contributed by atoms with Crippen molar-refractivity contribution in [3.63, 3.8) is 0 Å². The van der Waals surface area contributed by atoms with Gasteiger partial charge in [0.2, 0.25) is 5.95 Å². The molecule has 1 saturated heterocycles. The van der Waals surface area contributed by atoms with E-state index in [0.29, 0.717) is 43.3 Å². The highest BCUT2D eigenvalue weighted by Crippen LogP contribution is 2.39. The molecule has 20 nitrogen and oxygen atoms in total. The molecule has 5 aromatic heterocycles. The fourth-order valence-corrected chi connectivity index (χ4v) is 10.4. The van der Waals surface area contributed by atoms with E-state index in [1.165, 1.54) is 19.1 Å². The average Bonchev–Trinajstić information content (AvgIpc) is 3.69. The SMILES string of the molecule is COc1ncc(-c2ccc(N(C(=O)NC(C)c3ccccc3)[C@H]3CC[C@H](N)CC3)nc2)cn1.COc1ncc(-c2ccc(N(C(=O)NC(C)c3ccccc3)[C@H]3CC[C@H](Nc4ncc(C(F)(F)F)c(N5CC(C)(O)C5)n4)CC3)nc2)cn1. The second-order valence-electron chi connectivity index (χ2n) is 21.1. The summed E-state index contributed by atoms with van der Waals surface area (Å²) in [4.78, 5) is 66.4. The summed E-state index contributed by atoms with van der Waals surface area (Å²) >= 11 is 0. The quantitative estimate of drug-likeness (QED) is 0.0641. The molecule has 10 rings (SSSR count). The third-order valence-corrected chi connectivity index (χ3v) is 14.9. The van der Waals surface area contributed by atoms with Gasteiger partial charge in [0.25, 0.3) is 0 Å². The molecule has 430 valence electrons. The number of nitrogens with two attached hydrogens (primary N) is 1. The van der Waals surface area contributed by atoms with E-state index >= 15 is 0 Å². The lowest BCUT2D eigenvalue weighted by atomic mass is 9.90. The second-order valence-corrected chi connectivity index (χ2v) is 21.1. The molecule has 0 bridgehead atoms. The number of aromatic nitrogens is 8. The fourth-order valence-electron chi connectivity index (χ4n) is 10.4. The van der Waals surface area contributed by atoms with Gasteiger partial charge in [0, 0.05) is 103 Å². The Morgan fingerprint density at radius 1 is 0.622 bits per heavy atom. The van der Waals surface area contributed by atoms with Crippen LogP contribution in [0.15, 0.2) is 128 Å². The number of carbonyl (C=O) groups excluding carboxylic acids is 2. The number of anilines is 4. The van der Waals surface area contributed by atoms with Crippen LogP contribution in [0, 0.1) is 0 Å². The van der Waals surface area contributed by atoms with Crippen molar-refractivity contribution in [2.75, 3.05) is 47.3 Å². The molecule has 23 heteroatoms. The molecule has 2 saturated carbocycles. The number of halogens is 3. The number of nitrogens with one attached hydrogen (secondary N) is 3. The highest BCUT2D eigenvalue weighted by Gasteiger charge is 2.44. The smallest absolute Gasteiger partial charge is 0.421 e. The molecule has 3 aliphatic rings. The number of ether oxygens (including phenoxy) is 2. The largest absolute Gasteiger partial charge is 0.467 e. The first-order valence-electron chi connectivity index (χ1n) is 27.3. The topological polar surface area (TPSA) is 248 Å². The molecule has 3 fully saturated rings. The van der Waals surface area contributed by atoms with Gasteiger partial charge in [-0.1, -0.05) is 60.7 Å². The van der Waals surface area contributed by atoms with Crippen LogP contribution < -0.4 is 45.9 Å². The monoisotopic (exact) mass is 1120 g/mol. The van der Waals surface area contributed by atoms with Crippen LogP contribution >= 0.6 is 0 Å². The number of aliphatic hydroxyl groups is 1. The lowest BCUT2D eigenvalue weighted by Gasteiger charge is -2.45. The highest BCUT2D eigenvalue weighted by atomic mass is 19.4. The Bertz CT molecular complexity index is 3180. The standard InChI is InChI=1S/C34H38F3N9O3.C25H30N6O2/c1-21(22-7-5-4-6-8-22)42-32(47)46(28-14-9-23(15-38-28)24-16-40-31(49-3)41-17-24)26-12-10-25(11-13-26)43-30-39-18-27(34(35,36)37)29(44-30)45-19-33(2,48)20-45;1-17(18-6-4-3-5-7-18)30-25(32)31(22-11-9-21(26)10-12-22)23-13-8-19(14-27-23)20-15-28-24(33-2)29-16-20/h4-9,14-18,21,25-26,48H,10-13,19-20H2,1-3H3,(H,42,47)(H,39,43,44);3-8,13-17,21-22H,9-12,26H2,1-2H3,(H,30,32)/t21?,25-,26-;17?,21-,22-. The van der Waals surface area contributed by atoms with Crippen LogP contribution in [0.3, 0.4) is 0 Å². The van der Waals surface area contributed by atoms with Gasteiger partial charge >= 0.3 is 30.3 Å². The zero-order valence-electron chi connectivity index (χ0n) is 46.4. The zero-order chi connectivity index (χ0) is 58.0. The molecule has 7 aromatic rings. The molecular weight excluding hydrogens is 1060 g/mol. The summed E-state index contributed by atoms with van der Waals surface area (Å²) in [6.45, 7) is 5.57. The van der Waals surface area contributed by atoms with Crippen molar-refractivity contribution >= 4 is 35.5 Å². The number of β-amino-alcohol motifs (C(OH)–C–C–N with tert-alkyl or cyclic N) is 1. The highest BCUT2D eigenvalue weighted by molar-refractivity contribution is 5.93. The number of methoxy groups -OCH3 is 2. The molecular formula is C59H68F3N15O5. The number of nitrogens with zero attached hydrogens (tertiary/aromatic N) is 11. The zero-order valence-corrected chi connectivity index (χ0v) is 46.4. The van der Waals surface area contributed by atoms with Gasteiger partial charge in [0.05, 0.1) is 31.9 Å². The van der Waals surface area contributed by atoms with Crippen LogP contribution in [0.5, 0.6) is 12.0 Å². The molecule has 6 heterocycles. The number of hydrogen-bond acceptors (Lipinski definition) is 16. The van der Waals surface area contributed by atoms with Crippen LogP contribution in [0.25, 0.3) is 22.3 Å². The van der Waals surface area contributed by atoms with E-state index in [0.717, 1.165) is 65.3 Å². The summed E-state index contributed by atoms with van der Waals surface area (Å²) < 4.78 is 51.3. The third kappa shape index (κ3) is 14.5. The van der Waals surface area contributed by atoms with Crippen molar-refractivity contribution in [3.05, 3.63) is 145 Å². The number of urea groups is 2. The lowest BCUT2D eigenvalue weighted by molar-refractivity contribution is -0.137. The number of pyridine rings is 2. The van der Waals surface area contributed by atoms with Crippen molar-refractivity contribution in [1.82, 2.24) is 50.5 Å². The van der Waals surface area contributed by atoms with Gasteiger partial charge in [-0.2, -0.15) is 18.2 Å². The molecule has 2 aliphatic carbocycles. The molecule has 4 amide bonds. The maximum atomic E-state index is 13.9. The number of alkyl halides is 3. The molecule has 2 unspecified atom stereocenters. The molecule has 6 N–H and O–H groups in total. The molecule has 0 radical (unpaired) electrons. The Morgan fingerprint density at radius 2 is 1.05 bits per heavy atom. The Kier molecular flexibility index (Phi) is 18.4. The Labute approximate surface area is 474 Å². The van der Waals surface area contributed by atoms with Gasteiger partial charge in [0.15, 0.2) is 0 Å². The van der Waals surface area contributed by atoms with Gasteiger partial charge in [-0.25, -0.2) is 44.5 Å². The van der Waals surface area contributed by atoms with E-state index < -0.39 is 17.3 Å². The molecule has 0 spiro atoms. The summed E-state index contributed by atoms with van der Waals surface area (Å²) in [6, 6.07) is 26.7. The first kappa shape index (κ1) is 58.1. The van der Waals surface area contributed by atoms with E-state index in [2.05, 4.69) is 55.8 Å². The maximum Gasteiger partial charge on any atom is 0.421 e. The van der Waals surface area contributed by atoms with E-state index in [9.17, 15) is 27.9 Å². The van der Waals surface area contributed by atoms with Crippen LogP contribution in [-0.2, 0) is 6.18 Å². The molecule has 82 heavy (non-hydrogen) atoms. The maximum absolute atomic E-state index is 13.9. The normalized spacial score (nSPS) is 19.2. The first-order valence-corrected chi connectivity index (χ1v) is 27.3. The van der Waals surface area contributed by atoms with Gasteiger partial charge in [-0.15, -0.1) is 0 Å². The molecule has 1 aliphatic heterocycles. The minimum Gasteiger partial charge on any atom is -0.467 e. The van der Waals surface area contributed by atoms with Crippen LogP contribution in [0.2, 0.25) is 0 Å². The summed E-state index contributed by atoms with van der Waals surface area (Å²) in [5, 5.41) is 19.6. The predicted octanol–water partition coefficient (Wildman–Crippen LogP) is 9.72. The summed E-state index contributed by atoms with van der Waals surface area (Å²) in [5.74, 6) is 0.931. The van der Waals surface area contributed by atoms with Crippen LogP contribution in [0.1, 0.15) is 101 Å². The number of benzene rings is 2. The van der Waals surface area contributed by atoms with E-state index in [1.807, 2.05) is 92.7 Å². The van der Waals surface area contributed by atoms with Crippen molar-refractivity contribution in [3.8, 4) is 34.3 Å². The Morgan fingerprint density at radius 3 is 1.44 bits per heavy atom. The Balaban J connectivity index is 0.000000213. The minimum absolute atomic E-state index is 0.0430. The van der Waals surface area contributed by atoms with Gasteiger partial charge in [-0.3, -0.25) is 9.80 Å². The van der Waals surface area contributed by atoms with Gasteiger partial charge in [-0.05, 0) is 108 Å². The second kappa shape index (κ2) is 25.9. The first-order chi connectivity index (χ1) is 39.4. The molecule has 2 aromatic carbocycles. The summed E-state index contributed by atoms with van der Waals surface area (Å²) in [5.41, 5.74) is 9.33. The van der Waals surface area contributed by atoms with Crippen molar-refractivity contribution in [2.45, 2.75) is 120 Å². The van der Waals surface area contributed by atoms with E-state index in [1.54, 1.807) is 60.0 Å². The third-order valence-electron chi connectivity index (χ3n) is 14.9. The lowest BCUT2D eigenvalue weighted by Crippen LogP contribution is -2.60. The number of carbonyl (C=O) groups is 2. The van der Waals surface area contributed by atoms with Gasteiger partial charge < -0.3 is 41.2 Å². The fraction of sp³-hybridized carbons (Fsp3) is 0.390. The number of amides is 4. The summed E-state index contributed by atoms with van der Waals surface area (Å²) in [6.07, 6.45) is 12.1. The van der Waals surface area contributed by atoms with Crippen molar-refractivity contribution in [2.24, 2.45) is 5.73 Å². The molecule has 2 atom stereocenters. The van der Waals surface area contributed by atoms with Gasteiger partial charge in [0.1, 0.15) is 23.0 Å². The number of hydrogen-bond donors (Lipinski definition) is 5. The number of rotatable bonds is 15. The minimum atomic E-state index is -4.63. The van der Waals surface area contributed by atoms with Crippen molar-refractivity contribution in [1.29, 1.82) is 0 Å². The average molecular weight is 1120 g/mol. The predicted molar refractivity (Wildman–Crippen MR) is 305 cm³/mol. The van der Waals surface area contributed by atoms with Crippen molar-refractivity contribution < 1.29 is 37.3 Å². The van der Waals surface area contributed by atoms with E-state index in [4.69, 9.17) is 15.2 Å². The van der Waals surface area contributed by atoms with Crippen LogP contribution in [-0.4, -0.2) is 114 Å². The van der Waals surface area contributed by atoms with Crippen LogP contribution in [0.4, 0.5) is 46.2 Å². The van der Waals surface area contributed by atoms with E-state index in [-0.39, 0.29) is 79.2 Å². The summed E-state index contributed by atoms with van der Waals surface area (Å²) in [7, 11) is 3.02. The Hall–Kier alpha value is -8.57.